The molecule has 0 aliphatic rings. The molecule has 0 aliphatic carbocycles. The highest BCUT2D eigenvalue weighted by Crippen LogP contribution is 2.12. The molecule has 0 heterocycles. The number of hydrogen-bond acceptors (Lipinski definition) is 5. The predicted octanol–water partition coefficient (Wildman–Crippen LogP) is 1.42. The number of esters is 2. The van der Waals surface area contributed by atoms with Crippen LogP contribution in [0.25, 0.3) is 0 Å². The number of carbonyl (C=O) groups is 2. The SMILES string of the molecule is CCOC(=O)C(C)CC(=O)OC(C)(C)C#N. The summed E-state index contributed by atoms with van der Waals surface area (Å²) >= 11 is 0. The van der Waals surface area contributed by atoms with E-state index < -0.39 is 23.5 Å². The highest BCUT2D eigenvalue weighted by Gasteiger charge is 2.25. The molecule has 0 saturated carbocycles. The van der Waals surface area contributed by atoms with Gasteiger partial charge in [-0.15, -0.1) is 0 Å². The van der Waals surface area contributed by atoms with Crippen LogP contribution in [0.1, 0.15) is 34.1 Å². The molecule has 0 amide bonds. The van der Waals surface area contributed by atoms with Crippen molar-refractivity contribution in [1.82, 2.24) is 0 Å². The van der Waals surface area contributed by atoms with Gasteiger partial charge in [0.1, 0.15) is 6.07 Å². The molecule has 5 nitrogen and oxygen atoms in total. The number of ether oxygens (including phenoxy) is 2. The summed E-state index contributed by atoms with van der Waals surface area (Å²) in [5, 5.41) is 8.65. The fourth-order valence-corrected chi connectivity index (χ4v) is 0.967. The molecule has 0 aromatic rings. The standard InChI is InChI=1S/C11H17NO4/c1-5-15-10(14)8(2)6-9(13)16-11(3,4)7-12/h8H,5-6H2,1-4H3. The first-order chi connectivity index (χ1) is 7.32. The second-order valence-corrected chi connectivity index (χ2v) is 3.95. The van der Waals surface area contributed by atoms with Crippen molar-refractivity contribution in [2.24, 2.45) is 5.92 Å². The summed E-state index contributed by atoms with van der Waals surface area (Å²) in [5.41, 5.74) is -1.16. The topological polar surface area (TPSA) is 76.4 Å². The minimum atomic E-state index is -1.16. The summed E-state index contributed by atoms with van der Waals surface area (Å²) in [4.78, 5) is 22.6. The van der Waals surface area contributed by atoms with Crippen LogP contribution in [0.4, 0.5) is 0 Å². The second kappa shape index (κ2) is 6.11. The average molecular weight is 227 g/mol. The van der Waals surface area contributed by atoms with Crippen molar-refractivity contribution in [2.75, 3.05) is 6.61 Å². The third-order valence-electron chi connectivity index (χ3n) is 1.80. The van der Waals surface area contributed by atoms with E-state index in [1.807, 2.05) is 6.07 Å². The summed E-state index contributed by atoms with van der Waals surface area (Å²) < 4.78 is 9.63. The maximum absolute atomic E-state index is 11.4. The Morgan fingerprint density at radius 1 is 1.44 bits per heavy atom. The molecule has 5 heteroatoms. The molecule has 90 valence electrons. The Balaban J connectivity index is 4.16. The van der Waals surface area contributed by atoms with Crippen molar-refractivity contribution in [1.29, 1.82) is 5.26 Å². The zero-order valence-electron chi connectivity index (χ0n) is 10.1. The number of rotatable bonds is 5. The number of hydrogen-bond donors (Lipinski definition) is 0. The summed E-state index contributed by atoms with van der Waals surface area (Å²) in [6.07, 6.45) is -0.0794. The molecule has 0 aliphatic heterocycles. The van der Waals surface area contributed by atoms with Gasteiger partial charge in [0.2, 0.25) is 0 Å². The Morgan fingerprint density at radius 3 is 2.44 bits per heavy atom. The van der Waals surface area contributed by atoms with E-state index in [-0.39, 0.29) is 13.0 Å². The monoisotopic (exact) mass is 227 g/mol. The third-order valence-corrected chi connectivity index (χ3v) is 1.80. The molecule has 0 rings (SSSR count). The molecule has 0 radical (unpaired) electrons. The van der Waals surface area contributed by atoms with Crippen molar-refractivity contribution >= 4 is 11.9 Å². The summed E-state index contributed by atoms with van der Waals surface area (Å²) in [6.45, 7) is 6.53. The van der Waals surface area contributed by atoms with E-state index in [1.54, 1.807) is 13.8 Å². The summed E-state index contributed by atoms with van der Waals surface area (Å²) in [7, 11) is 0. The minimum absolute atomic E-state index is 0.0794. The van der Waals surface area contributed by atoms with Gasteiger partial charge in [0, 0.05) is 0 Å². The first-order valence-corrected chi connectivity index (χ1v) is 5.12. The lowest BCUT2D eigenvalue weighted by Crippen LogP contribution is -2.28. The normalized spacial score (nSPS) is 12.4. The predicted molar refractivity (Wildman–Crippen MR) is 56.2 cm³/mol. The quantitative estimate of drug-likeness (QED) is 0.664. The van der Waals surface area contributed by atoms with Crippen LogP contribution in [0.5, 0.6) is 0 Å². The van der Waals surface area contributed by atoms with Gasteiger partial charge < -0.3 is 9.47 Å². The molecule has 0 spiro atoms. The number of carbonyl (C=O) groups excluding carboxylic acids is 2. The molecule has 16 heavy (non-hydrogen) atoms. The molecule has 0 aromatic heterocycles. The molecular formula is C11H17NO4. The summed E-state index contributed by atoms with van der Waals surface area (Å²) in [6, 6.07) is 1.84. The van der Waals surface area contributed by atoms with E-state index >= 15 is 0 Å². The van der Waals surface area contributed by atoms with E-state index in [4.69, 9.17) is 14.7 Å². The van der Waals surface area contributed by atoms with Gasteiger partial charge in [-0.1, -0.05) is 6.92 Å². The Morgan fingerprint density at radius 2 is 2.00 bits per heavy atom. The zero-order valence-corrected chi connectivity index (χ0v) is 10.1. The van der Waals surface area contributed by atoms with Gasteiger partial charge >= 0.3 is 11.9 Å². The first-order valence-electron chi connectivity index (χ1n) is 5.12. The lowest BCUT2D eigenvalue weighted by Gasteiger charge is -2.17. The largest absolute Gasteiger partial charge is 0.466 e. The molecule has 1 unspecified atom stereocenters. The number of nitriles is 1. The van der Waals surface area contributed by atoms with E-state index in [0.29, 0.717) is 0 Å². The summed E-state index contributed by atoms with van der Waals surface area (Å²) in [5.74, 6) is -1.57. The van der Waals surface area contributed by atoms with Crippen molar-refractivity contribution in [3.8, 4) is 6.07 Å². The van der Waals surface area contributed by atoms with Crippen LogP contribution in [0.2, 0.25) is 0 Å². The van der Waals surface area contributed by atoms with Crippen molar-refractivity contribution < 1.29 is 19.1 Å². The van der Waals surface area contributed by atoms with E-state index in [1.165, 1.54) is 13.8 Å². The van der Waals surface area contributed by atoms with Gasteiger partial charge in [0.25, 0.3) is 0 Å². The second-order valence-electron chi connectivity index (χ2n) is 3.95. The maximum atomic E-state index is 11.4. The van der Waals surface area contributed by atoms with Gasteiger partial charge in [0.05, 0.1) is 18.9 Å². The molecular weight excluding hydrogens is 210 g/mol. The highest BCUT2D eigenvalue weighted by atomic mass is 16.6. The average Bonchev–Trinajstić information content (AvgIpc) is 2.17. The lowest BCUT2D eigenvalue weighted by atomic mass is 10.1. The van der Waals surface area contributed by atoms with Gasteiger partial charge in [-0.2, -0.15) is 5.26 Å². The molecule has 0 fully saturated rings. The van der Waals surface area contributed by atoms with Crippen molar-refractivity contribution in [3.05, 3.63) is 0 Å². The third kappa shape index (κ3) is 5.35. The van der Waals surface area contributed by atoms with Gasteiger partial charge in [-0.05, 0) is 20.8 Å². The van der Waals surface area contributed by atoms with Crippen LogP contribution in [-0.4, -0.2) is 24.1 Å². The van der Waals surface area contributed by atoms with E-state index in [0.717, 1.165) is 0 Å². The van der Waals surface area contributed by atoms with Crippen LogP contribution in [0.15, 0.2) is 0 Å². The van der Waals surface area contributed by atoms with Gasteiger partial charge in [0.15, 0.2) is 5.60 Å². The molecule has 0 aromatic carbocycles. The number of nitrogens with zero attached hydrogens (tertiary/aromatic N) is 1. The van der Waals surface area contributed by atoms with Crippen molar-refractivity contribution in [2.45, 2.75) is 39.7 Å². The lowest BCUT2D eigenvalue weighted by molar-refractivity contribution is -0.158. The van der Waals surface area contributed by atoms with Crippen LogP contribution in [0.3, 0.4) is 0 Å². The fraction of sp³-hybridized carbons (Fsp3) is 0.727. The molecule has 1 atom stereocenters. The Kier molecular flexibility index (Phi) is 5.51. The molecule has 0 N–H and O–H groups in total. The van der Waals surface area contributed by atoms with Gasteiger partial charge in [-0.25, -0.2) is 0 Å². The Bertz CT molecular complexity index is 304. The minimum Gasteiger partial charge on any atom is -0.466 e. The first kappa shape index (κ1) is 14.4. The highest BCUT2D eigenvalue weighted by molar-refractivity contribution is 5.79. The van der Waals surface area contributed by atoms with Crippen LogP contribution >= 0.6 is 0 Å². The molecule has 0 bridgehead atoms. The van der Waals surface area contributed by atoms with E-state index in [9.17, 15) is 9.59 Å². The van der Waals surface area contributed by atoms with Crippen LogP contribution < -0.4 is 0 Å². The smallest absolute Gasteiger partial charge is 0.309 e. The fourth-order valence-electron chi connectivity index (χ4n) is 0.967. The van der Waals surface area contributed by atoms with E-state index in [2.05, 4.69) is 0 Å². The Labute approximate surface area is 95.3 Å². The maximum Gasteiger partial charge on any atom is 0.309 e. The van der Waals surface area contributed by atoms with Crippen LogP contribution in [0, 0.1) is 17.2 Å². The molecule has 0 saturated heterocycles. The van der Waals surface area contributed by atoms with Crippen LogP contribution in [-0.2, 0) is 19.1 Å². The van der Waals surface area contributed by atoms with Crippen molar-refractivity contribution in [3.63, 3.8) is 0 Å². The van der Waals surface area contributed by atoms with Gasteiger partial charge in [-0.3, -0.25) is 9.59 Å². The zero-order chi connectivity index (χ0) is 12.8. The Hall–Kier alpha value is -1.57.